The van der Waals surface area contributed by atoms with Crippen LogP contribution < -0.4 is 15.2 Å². The summed E-state index contributed by atoms with van der Waals surface area (Å²) in [5.74, 6) is 1.68. The first-order valence-corrected chi connectivity index (χ1v) is 7.42. The smallest absolute Gasteiger partial charge is 0.123 e. The Bertz CT molecular complexity index is 453. The van der Waals surface area contributed by atoms with E-state index >= 15 is 0 Å². The second-order valence-electron chi connectivity index (χ2n) is 5.35. The van der Waals surface area contributed by atoms with Crippen molar-refractivity contribution in [3.63, 3.8) is 0 Å². The number of likely N-dealkylation sites (tertiary alicyclic amines) is 1. The summed E-state index contributed by atoms with van der Waals surface area (Å²) in [4.78, 5) is 2.38. The third-order valence-corrected chi connectivity index (χ3v) is 4.20. The Balaban J connectivity index is 2.27. The number of hydrogen-bond acceptors (Lipinski definition) is 5. The van der Waals surface area contributed by atoms with E-state index in [1.807, 2.05) is 18.2 Å². The lowest BCUT2D eigenvalue weighted by Gasteiger charge is -2.38. The average molecular weight is 294 g/mol. The number of nitrogens with two attached hydrogens (primary N) is 1. The first-order chi connectivity index (χ1) is 10.2. The molecule has 0 amide bonds. The predicted molar refractivity (Wildman–Crippen MR) is 82.9 cm³/mol. The summed E-state index contributed by atoms with van der Waals surface area (Å²) in [5.41, 5.74) is 7.14. The van der Waals surface area contributed by atoms with Crippen molar-refractivity contribution in [2.75, 3.05) is 41.0 Å². The minimum Gasteiger partial charge on any atom is -0.497 e. The maximum atomic E-state index is 6.06. The van der Waals surface area contributed by atoms with Gasteiger partial charge in [-0.25, -0.2) is 0 Å². The fraction of sp³-hybridized carbons (Fsp3) is 0.625. The van der Waals surface area contributed by atoms with Gasteiger partial charge in [0, 0.05) is 25.8 Å². The maximum absolute atomic E-state index is 6.06. The van der Waals surface area contributed by atoms with Gasteiger partial charge >= 0.3 is 0 Å². The average Bonchev–Trinajstić information content (AvgIpc) is 2.55. The summed E-state index contributed by atoms with van der Waals surface area (Å²) in [6.07, 6.45) is 2.52. The van der Waals surface area contributed by atoms with Gasteiger partial charge in [0.25, 0.3) is 0 Å². The fourth-order valence-electron chi connectivity index (χ4n) is 3.01. The summed E-state index contributed by atoms with van der Waals surface area (Å²) in [6.45, 7) is 2.47. The molecule has 0 radical (unpaired) electrons. The second kappa shape index (κ2) is 7.64. The van der Waals surface area contributed by atoms with Crippen molar-refractivity contribution in [3.05, 3.63) is 23.8 Å². The molecule has 1 fully saturated rings. The quantitative estimate of drug-likeness (QED) is 0.867. The third-order valence-electron chi connectivity index (χ3n) is 4.20. The standard InChI is InChI=1S/C16H26N2O3/c1-19-12-6-7-16(21-3)14(9-12)15(10-17)18-8-4-5-13(11-18)20-2/h6-7,9,13,15H,4-5,8,10-11,17H2,1-3H3. The molecule has 0 aromatic heterocycles. The minimum absolute atomic E-state index is 0.119. The number of benzene rings is 1. The van der Waals surface area contributed by atoms with Crippen LogP contribution in [0, 0.1) is 0 Å². The summed E-state index contributed by atoms with van der Waals surface area (Å²) < 4.78 is 16.4. The van der Waals surface area contributed by atoms with Crippen LogP contribution in [0.1, 0.15) is 24.4 Å². The Hall–Kier alpha value is -1.30. The minimum atomic E-state index is 0.119. The van der Waals surface area contributed by atoms with Crippen LogP contribution in [0.3, 0.4) is 0 Å². The maximum Gasteiger partial charge on any atom is 0.123 e. The molecule has 0 aliphatic carbocycles. The van der Waals surface area contributed by atoms with E-state index < -0.39 is 0 Å². The molecule has 0 spiro atoms. The van der Waals surface area contributed by atoms with Crippen molar-refractivity contribution in [2.45, 2.75) is 25.0 Å². The van der Waals surface area contributed by atoms with Crippen molar-refractivity contribution in [3.8, 4) is 11.5 Å². The molecule has 118 valence electrons. The van der Waals surface area contributed by atoms with Crippen LogP contribution in [0.4, 0.5) is 0 Å². The first-order valence-electron chi connectivity index (χ1n) is 7.42. The van der Waals surface area contributed by atoms with Gasteiger partial charge in [-0.15, -0.1) is 0 Å². The van der Waals surface area contributed by atoms with Crippen LogP contribution >= 0.6 is 0 Å². The van der Waals surface area contributed by atoms with Gasteiger partial charge in [0.1, 0.15) is 11.5 Å². The molecule has 1 aliphatic rings. The molecule has 0 bridgehead atoms. The second-order valence-corrected chi connectivity index (χ2v) is 5.35. The van der Waals surface area contributed by atoms with E-state index in [1.54, 1.807) is 21.3 Å². The van der Waals surface area contributed by atoms with Crippen LogP contribution in [0.5, 0.6) is 11.5 Å². The van der Waals surface area contributed by atoms with Crippen molar-refractivity contribution < 1.29 is 14.2 Å². The molecule has 21 heavy (non-hydrogen) atoms. The van der Waals surface area contributed by atoms with Crippen LogP contribution in [0.2, 0.25) is 0 Å². The Morgan fingerprint density at radius 3 is 2.71 bits per heavy atom. The van der Waals surface area contributed by atoms with Crippen LogP contribution in [-0.4, -0.2) is 52.0 Å². The van der Waals surface area contributed by atoms with Gasteiger partial charge in [-0.3, -0.25) is 4.90 Å². The lowest BCUT2D eigenvalue weighted by Crippen LogP contribution is -2.43. The predicted octanol–water partition coefficient (Wildman–Crippen LogP) is 1.81. The molecule has 2 atom stereocenters. The van der Waals surface area contributed by atoms with E-state index in [0.717, 1.165) is 43.0 Å². The lowest BCUT2D eigenvalue weighted by molar-refractivity contribution is 0.0151. The van der Waals surface area contributed by atoms with Gasteiger partial charge in [-0.1, -0.05) is 0 Å². The number of nitrogens with zero attached hydrogens (tertiary/aromatic N) is 1. The summed E-state index contributed by atoms with van der Waals surface area (Å²) in [7, 11) is 5.13. The van der Waals surface area contributed by atoms with E-state index in [-0.39, 0.29) is 12.1 Å². The molecule has 5 heteroatoms. The lowest BCUT2D eigenvalue weighted by atomic mass is 9.99. The van der Waals surface area contributed by atoms with E-state index in [9.17, 15) is 0 Å². The van der Waals surface area contributed by atoms with Crippen molar-refractivity contribution in [2.24, 2.45) is 5.73 Å². The first kappa shape index (κ1) is 16.1. The molecule has 0 saturated carbocycles. The highest BCUT2D eigenvalue weighted by atomic mass is 16.5. The number of ether oxygens (including phenoxy) is 3. The topological polar surface area (TPSA) is 57.0 Å². The van der Waals surface area contributed by atoms with Gasteiger partial charge < -0.3 is 19.9 Å². The Kier molecular flexibility index (Phi) is 5.85. The number of hydrogen-bond donors (Lipinski definition) is 1. The van der Waals surface area contributed by atoms with Gasteiger partial charge in [0.2, 0.25) is 0 Å². The fourth-order valence-corrected chi connectivity index (χ4v) is 3.01. The normalized spacial score (nSPS) is 21.0. The molecule has 1 aromatic carbocycles. The number of piperidine rings is 1. The van der Waals surface area contributed by atoms with Crippen molar-refractivity contribution in [1.82, 2.24) is 4.90 Å². The SMILES string of the molecule is COc1ccc(OC)c(C(CN)N2CCCC(OC)C2)c1. The molecule has 1 aromatic rings. The monoisotopic (exact) mass is 294 g/mol. The highest BCUT2D eigenvalue weighted by molar-refractivity contribution is 5.42. The van der Waals surface area contributed by atoms with Crippen molar-refractivity contribution >= 4 is 0 Å². The molecule has 1 aliphatic heterocycles. The highest BCUT2D eigenvalue weighted by Gasteiger charge is 2.28. The molecule has 2 rings (SSSR count). The molecular weight excluding hydrogens is 268 g/mol. The van der Waals surface area contributed by atoms with Gasteiger partial charge in [-0.2, -0.15) is 0 Å². The van der Waals surface area contributed by atoms with Gasteiger partial charge in [0.05, 0.1) is 26.4 Å². The highest BCUT2D eigenvalue weighted by Crippen LogP contribution is 2.33. The molecule has 1 saturated heterocycles. The van der Waals surface area contributed by atoms with Crippen LogP contribution in [0.25, 0.3) is 0 Å². The van der Waals surface area contributed by atoms with Gasteiger partial charge in [0.15, 0.2) is 0 Å². The van der Waals surface area contributed by atoms with Crippen LogP contribution in [0.15, 0.2) is 18.2 Å². The zero-order valence-electron chi connectivity index (χ0n) is 13.2. The molecule has 1 heterocycles. The molecule has 5 nitrogen and oxygen atoms in total. The van der Waals surface area contributed by atoms with E-state index in [4.69, 9.17) is 19.9 Å². The molecule has 2 N–H and O–H groups in total. The van der Waals surface area contributed by atoms with Gasteiger partial charge in [-0.05, 0) is 37.6 Å². The third kappa shape index (κ3) is 3.67. The van der Waals surface area contributed by atoms with E-state index in [2.05, 4.69) is 4.90 Å². The van der Waals surface area contributed by atoms with Crippen molar-refractivity contribution in [1.29, 1.82) is 0 Å². The zero-order chi connectivity index (χ0) is 15.2. The Morgan fingerprint density at radius 2 is 2.10 bits per heavy atom. The molecular formula is C16H26N2O3. The zero-order valence-corrected chi connectivity index (χ0v) is 13.2. The molecule has 2 unspecified atom stereocenters. The Morgan fingerprint density at radius 1 is 1.29 bits per heavy atom. The summed E-state index contributed by atoms with van der Waals surface area (Å²) >= 11 is 0. The van der Waals surface area contributed by atoms with Crippen LogP contribution in [-0.2, 0) is 4.74 Å². The Labute approximate surface area is 127 Å². The number of rotatable bonds is 6. The van der Waals surface area contributed by atoms with E-state index in [0.29, 0.717) is 6.54 Å². The number of methoxy groups -OCH3 is 3. The summed E-state index contributed by atoms with van der Waals surface area (Å²) in [5, 5.41) is 0. The largest absolute Gasteiger partial charge is 0.497 e. The summed E-state index contributed by atoms with van der Waals surface area (Å²) in [6, 6.07) is 5.99. The van der Waals surface area contributed by atoms with E-state index in [1.165, 1.54) is 0 Å².